The Labute approximate surface area is 164 Å². The number of anilines is 1. The van der Waals surface area contributed by atoms with Gasteiger partial charge in [0.2, 0.25) is 11.8 Å². The Balaban J connectivity index is 1.62. The zero-order valence-electron chi connectivity index (χ0n) is 15.2. The lowest BCUT2D eigenvalue weighted by molar-refractivity contribution is -0.128. The predicted molar refractivity (Wildman–Crippen MR) is 100.0 cm³/mol. The number of nitrogens with one attached hydrogen (secondary N) is 3. The summed E-state index contributed by atoms with van der Waals surface area (Å²) in [5, 5.41) is 5.69. The van der Waals surface area contributed by atoms with Crippen molar-refractivity contribution in [2.24, 2.45) is 0 Å². The second-order valence-corrected chi connectivity index (χ2v) is 6.93. The van der Waals surface area contributed by atoms with E-state index in [0.717, 1.165) is 11.8 Å². The maximum atomic E-state index is 12.8. The summed E-state index contributed by atoms with van der Waals surface area (Å²) in [6.07, 6.45) is 0. The fourth-order valence-corrected chi connectivity index (χ4v) is 2.50. The van der Waals surface area contributed by atoms with Crippen LogP contribution < -0.4 is 20.9 Å². The SMILES string of the molecule is Cc1cc(NC(=O)[C@H](C)SCC(=O)NNC(=O)COc2ccc(F)cc2)no1. The monoisotopic (exact) mass is 410 g/mol. The molecule has 2 rings (SSSR count). The van der Waals surface area contributed by atoms with Gasteiger partial charge >= 0.3 is 0 Å². The van der Waals surface area contributed by atoms with Gasteiger partial charge in [-0.05, 0) is 38.1 Å². The van der Waals surface area contributed by atoms with Crippen LogP contribution >= 0.6 is 11.8 Å². The van der Waals surface area contributed by atoms with Crippen LogP contribution in [0.15, 0.2) is 34.9 Å². The molecular formula is C17H19FN4O5S. The molecule has 1 atom stereocenters. The number of carbonyl (C=O) groups is 3. The van der Waals surface area contributed by atoms with Gasteiger partial charge in [-0.1, -0.05) is 5.16 Å². The highest BCUT2D eigenvalue weighted by atomic mass is 32.2. The molecule has 150 valence electrons. The van der Waals surface area contributed by atoms with Gasteiger partial charge in [-0.3, -0.25) is 25.2 Å². The fourth-order valence-electron chi connectivity index (χ4n) is 1.82. The highest BCUT2D eigenvalue weighted by Crippen LogP contribution is 2.14. The average molecular weight is 410 g/mol. The first-order chi connectivity index (χ1) is 13.3. The molecule has 0 unspecified atom stereocenters. The van der Waals surface area contributed by atoms with Crippen molar-refractivity contribution in [1.82, 2.24) is 16.0 Å². The first-order valence-electron chi connectivity index (χ1n) is 8.15. The van der Waals surface area contributed by atoms with E-state index >= 15 is 0 Å². The molecule has 0 aliphatic carbocycles. The molecule has 28 heavy (non-hydrogen) atoms. The topological polar surface area (TPSA) is 123 Å². The summed E-state index contributed by atoms with van der Waals surface area (Å²) < 4.78 is 22.8. The lowest BCUT2D eigenvalue weighted by Gasteiger charge is -2.11. The number of ether oxygens (including phenoxy) is 1. The number of rotatable bonds is 8. The Morgan fingerprint density at radius 1 is 1.21 bits per heavy atom. The number of carbonyl (C=O) groups excluding carboxylic acids is 3. The molecule has 2 aromatic rings. The average Bonchev–Trinajstić information content (AvgIpc) is 3.08. The summed E-state index contributed by atoms with van der Waals surface area (Å²) in [5.74, 6) is -0.691. The van der Waals surface area contributed by atoms with E-state index in [1.165, 1.54) is 24.3 Å². The van der Waals surface area contributed by atoms with Crippen LogP contribution in [-0.4, -0.2) is 40.5 Å². The summed E-state index contributed by atoms with van der Waals surface area (Å²) in [6, 6.07) is 6.74. The number of thioether (sulfide) groups is 1. The van der Waals surface area contributed by atoms with Gasteiger partial charge in [0.25, 0.3) is 5.91 Å². The van der Waals surface area contributed by atoms with Crippen molar-refractivity contribution >= 4 is 35.3 Å². The maximum Gasteiger partial charge on any atom is 0.276 e. The summed E-state index contributed by atoms with van der Waals surface area (Å²) >= 11 is 1.08. The number of hydrogen-bond donors (Lipinski definition) is 3. The van der Waals surface area contributed by atoms with Crippen molar-refractivity contribution in [2.45, 2.75) is 19.1 Å². The highest BCUT2D eigenvalue weighted by molar-refractivity contribution is 8.01. The molecule has 0 spiro atoms. The number of amides is 3. The van der Waals surface area contributed by atoms with Crippen LogP contribution in [0.2, 0.25) is 0 Å². The van der Waals surface area contributed by atoms with E-state index in [2.05, 4.69) is 21.3 Å². The van der Waals surface area contributed by atoms with Crippen LogP contribution in [0.25, 0.3) is 0 Å². The summed E-state index contributed by atoms with van der Waals surface area (Å²) in [5.41, 5.74) is 4.40. The standard InChI is InChI=1S/C17H19FN4O5S/c1-10-7-14(22-27-10)19-17(25)11(2)28-9-16(24)21-20-15(23)8-26-13-5-3-12(18)4-6-13/h3-7,11H,8-9H2,1-2H3,(H,20,23)(H,21,24)(H,19,22,25)/t11-/m0/s1. The van der Waals surface area contributed by atoms with Crippen molar-refractivity contribution in [3.63, 3.8) is 0 Å². The molecule has 0 aliphatic rings. The summed E-state index contributed by atoms with van der Waals surface area (Å²) in [7, 11) is 0. The molecule has 0 saturated carbocycles. The lowest BCUT2D eigenvalue weighted by Crippen LogP contribution is -2.44. The largest absolute Gasteiger partial charge is 0.484 e. The number of aromatic nitrogens is 1. The highest BCUT2D eigenvalue weighted by Gasteiger charge is 2.17. The van der Waals surface area contributed by atoms with Gasteiger partial charge < -0.3 is 14.6 Å². The molecule has 3 amide bonds. The van der Waals surface area contributed by atoms with Crippen LogP contribution in [0.4, 0.5) is 10.2 Å². The minimum atomic E-state index is -0.588. The number of hydrazine groups is 1. The van der Waals surface area contributed by atoms with Crippen LogP contribution in [0.1, 0.15) is 12.7 Å². The predicted octanol–water partition coefficient (Wildman–Crippen LogP) is 1.41. The van der Waals surface area contributed by atoms with Crippen LogP contribution in [0, 0.1) is 12.7 Å². The Bertz CT molecular complexity index is 827. The molecule has 11 heteroatoms. The molecule has 0 bridgehead atoms. The zero-order chi connectivity index (χ0) is 20.5. The Hall–Kier alpha value is -3.08. The molecule has 1 aromatic carbocycles. The second kappa shape index (κ2) is 10.3. The van der Waals surface area contributed by atoms with Crippen molar-refractivity contribution in [3.8, 4) is 5.75 Å². The van der Waals surface area contributed by atoms with Crippen molar-refractivity contribution in [2.75, 3.05) is 17.7 Å². The third-order valence-corrected chi connectivity index (χ3v) is 4.38. The first kappa shape index (κ1) is 21.2. The van der Waals surface area contributed by atoms with Crippen LogP contribution in [-0.2, 0) is 14.4 Å². The first-order valence-corrected chi connectivity index (χ1v) is 9.20. The summed E-state index contributed by atoms with van der Waals surface area (Å²) in [6.45, 7) is 2.98. The van der Waals surface area contributed by atoms with E-state index in [4.69, 9.17) is 9.26 Å². The smallest absolute Gasteiger partial charge is 0.276 e. The third-order valence-electron chi connectivity index (χ3n) is 3.24. The van der Waals surface area contributed by atoms with Crippen molar-refractivity contribution < 1.29 is 28.0 Å². The molecule has 3 N–H and O–H groups in total. The molecular weight excluding hydrogens is 391 g/mol. The van der Waals surface area contributed by atoms with Gasteiger partial charge in [-0.15, -0.1) is 11.8 Å². The number of hydrogen-bond acceptors (Lipinski definition) is 7. The zero-order valence-corrected chi connectivity index (χ0v) is 16.0. The van der Waals surface area contributed by atoms with E-state index in [1.54, 1.807) is 19.9 Å². The summed E-state index contributed by atoms with van der Waals surface area (Å²) in [4.78, 5) is 35.4. The molecule has 0 fully saturated rings. The lowest BCUT2D eigenvalue weighted by atomic mass is 10.3. The third kappa shape index (κ3) is 7.27. The van der Waals surface area contributed by atoms with Crippen molar-refractivity contribution in [1.29, 1.82) is 0 Å². The molecule has 0 aliphatic heterocycles. The molecule has 9 nitrogen and oxygen atoms in total. The van der Waals surface area contributed by atoms with E-state index in [-0.39, 0.29) is 18.3 Å². The van der Waals surface area contributed by atoms with Gasteiger partial charge in [0.05, 0.1) is 11.0 Å². The van der Waals surface area contributed by atoms with E-state index in [0.29, 0.717) is 17.3 Å². The van der Waals surface area contributed by atoms with Crippen molar-refractivity contribution in [3.05, 3.63) is 41.9 Å². The second-order valence-electron chi connectivity index (χ2n) is 5.60. The van der Waals surface area contributed by atoms with Crippen LogP contribution in [0.5, 0.6) is 5.75 Å². The van der Waals surface area contributed by atoms with Crippen LogP contribution in [0.3, 0.4) is 0 Å². The van der Waals surface area contributed by atoms with Gasteiger partial charge in [-0.25, -0.2) is 4.39 Å². The molecule has 0 radical (unpaired) electrons. The molecule has 1 aromatic heterocycles. The van der Waals surface area contributed by atoms with Gasteiger partial charge in [0.1, 0.15) is 17.3 Å². The molecule has 1 heterocycles. The Kier molecular flexibility index (Phi) is 7.81. The number of aryl methyl sites for hydroxylation is 1. The number of halogens is 1. The van der Waals surface area contributed by atoms with Gasteiger partial charge in [-0.2, -0.15) is 0 Å². The Morgan fingerprint density at radius 2 is 1.89 bits per heavy atom. The van der Waals surface area contributed by atoms with E-state index < -0.39 is 22.9 Å². The number of benzene rings is 1. The maximum absolute atomic E-state index is 12.8. The molecule has 0 saturated heterocycles. The fraction of sp³-hybridized carbons (Fsp3) is 0.294. The van der Waals surface area contributed by atoms with E-state index in [1.807, 2.05) is 0 Å². The quantitative estimate of drug-likeness (QED) is 0.562. The normalized spacial score (nSPS) is 11.4. The Morgan fingerprint density at radius 3 is 2.54 bits per heavy atom. The minimum Gasteiger partial charge on any atom is -0.484 e. The number of nitrogens with zero attached hydrogens (tertiary/aromatic N) is 1. The van der Waals surface area contributed by atoms with Gasteiger partial charge in [0, 0.05) is 6.07 Å². The van der Waals surface area contributed by atoms with E-state index in [9.17, 15) is 18.8 Å². The minimum absolute atomic E-state index is 0.0501. The van der Waals surface area contributed by atoms with Gasteiger partial charge in [0.15, 0.2) is 12.4 Å².